The lowest BCUT2D eigenvalue weighted by atomic mass is 10.5. The van der Waals surface area contributed by atoms with Gasteiger partial charge in [-0.05, 0) is 13.8 Å². The molecule has 0 saturated heterocycles. The van der Waals surface area contributed by atoms with Crippen LogP contribution in [0, 0.1) is 0 Å². The number of likely N-dealkylation sites (N-methyl/N-ethyl adjacent to an activating group) is 1. The smallest absolute Gasteiger partial charge is 0.315 e. The maximum absolute atomic E-state index is 11.2. The van der Waals surface area contributed by atoms with Crippen molar-refractivity contribution in [1.82, 2.24) is 15.5 Å². The molecule has 0 fully saturated rings. The molecular formula is C8H17N3O2. The number of nitrogens with one attached hydrogen (secondary N) is 2. The fourth-order valence-corrected chi connectivity index (χ4v) is 0.690. The van der Waals surface area contributed by atoms with Crippen LogP contribution in [-0.2, 0) is 4.79 Å². The van der Waals surface area contributed by atoms with E-state index in [2.05, 4.69) is 10.6 Å². The van der Waals surface area contributed by atoms with E-state index in [-0.39, 0.29) is 18.5 Å². The van der Waals surface area contributed by atoms with E-state index in [1.54, 1.807) is 11.9 Å². The zero-order valence-electron chi connectivity index (χ0n) is 8.39. The Labute approximate surface area is 78.5 Å². The number of amides is 3. The molecule has 0 aliphatic carbocycles. The number of hydrogen-bond acceptors (Lipinski definition) is 2. The number of carbonyl (C=O) groups is 2. The zero-order valence-corrected chi connectivity index (χ0v) is 8.39. The van der Waals surface area contributed by atoms with Crippen molar-refractivity contribution in [2.24, 2.45) is 0 Å². The lowest BCUT2D eigenvalue weighted by Crippen LogP contribution is -2.42. The normalized spacial score (nSPS) is 9.15. The first-order chi connectivity index (χ1) is 6.11. The highest BCUT2D eigenvalue weighted by molar-refractivity contribution is 5.83. The second kappa shape index (κ2) is 6.28. The molecule has 0 rings (SSSR count). The predicted octanol–water partition coefficient (Wildman–Crippen LogP) is -0.216. The van der Waals surface area contributed by atoms with Crippen molar-refractivity contribution in [3.05, 3.63) is 0 Å². The Hall–Kier alpha value is -1.26. The number of carbonyl (C=O) groups excluding carboxylic acids is 2. The summed E-state index contributed by atoms with van der Waals surface area (Å²) in [5.74, 6) is -0.0891. The van der Waals surface area contributed by atoms with Crippen LogP contribution in [0.5, 0.6) is 0 Å². The van der Waals surface area contributed by atoms with Crippen LogP contribution in [0.2, 0.25) is 0 Å². The van der Waals surface area contributed by atoms with Crippen LogP contribution in [0.3, 0.4) is 0 Å². The van der Waals surface area contributed by atoms with Gasteiger partial charge in [0, 0.05) is 20.1 Å². The average molecular weight is 187 g/mol. The van der Waals surface area contributed by atoms with Gasteiger partial charge in [-0.3, -0.25) is 4.79 Å². The van der Waals surface area contributed by atoms with E-state index in [0.29, 0.717) is 13.1 Å². The molecule has 0 aliphatic heterocycles. The second-order valence-corrected chi connectivity index (χ2v) is 2.62. The van der Waals surface area contributed by atoms with Crippen molar-refractivity contribution in [3.8, 4) is 0 Å². The number of rotatable bonds is 4. The maximum Gasteiger partial charge on any atom is 0.315 e. The molecule has 5 heteroatoms. The van der Waals surface area contributed by atoms with Crippen LogP contribution in [0.4, 0.5) is 4.79 Å². The summed E-state index contributed by atoms with van der Waals surface area (Å²) in [7, 11) is 1.70. The monoisotopic (exact) mass is 187 g/mol. The lowest BCUT2D eigenvalue weighted by molar-refractivity contribution is -0.128. The highest BCUT2D eigenvalue weighted by Crippen LogP contribution is 1.81. The molecule has 0 aromatic rings. The first-order valence-corrected chi connectivity index (χ1v) is 4.37. The van der Waals surface area contributed by atoms with Gasteiger partial charge in [-0.2, -0.15) is 0 Å². The third-order valence-corrected chi connectivity index (χ3v) is 1.64. The topological polar surface area (TPSA) is 61.4 Å². The molecule has 0 heterocycles. The minimum absolute atomic E-state index is 0.0518. The molecule has 0 bridgehead atoms. The number of urea groups is 1. The summed E-state index contributed by atoms with van der Waals surface area (Å²) in [6.45, 7) is 4.96. The minimum atomic E-state index is -0.305. The summed E-state index contributed by atoms with van der Waals surface area (Å²) in [5.41, 5.74) is 0. The van der Waals surface area contributed by atoms with E-state index in [9.17, 15) is 9.59 Å². The molecule has 0 atom stereocenters. The standard InChI is InChI=1S/C8H17N3O2/c1-4-9-8(13)10-6-7(12)11(3)5-2/h4-6H2,1-3H3,(H2,9,10,13). The van der Waals surface area contributed by atoms with Crippen LogP contribution in [0.15, 0.2) is 0 Å². The summed E-state index contributed by atoms with van der Waals surface area (Å²) in [5, 5.41) is 4.99. The molecule has 76 valence electrons. The Morgan fingerprint density at radius 1 is 1.23 bits per heavy atom. The van der Waals surface area contributed by atoms with Gasteiger partial charge in [-0.15, -0.1) is 0 Å². The van der Waals surface area contributed by atoms with Crippen molar-refractivity contribution < 1.29 is 9.59 Å². The Bertz CT molecular complexity index is 182. The highest BCUT2D eigenvalue weighted by Gasteiger charge is 2.07. The summed E-state index contributed by atoms with van der Waals surface area (Å²) in [6.07, 6.45) is 0. The Balaban J connectivity index is 3.63. The van der Waals surface area contributed by atoms with Gasteiger partial charge in [0.25, 0.3) is 0 Å². The number of nitrogens with zero attached hydrogens (tertiary/aromatic N) is 1. The molecule has 0 aromatic carbocycles. The van der Waals surface area contributed by atoms with Crippen molar-refractivity contribution in [1.29, 1.82) is 0 Å². The average Bonchev–Trinajstić information content (AvgIpc) is 2.13. The van der Waals surface area contributed by atoms with Gasteiger partial charge >= 0.3 is 6.03 Å². The second-order valence-electron chi connectivity index (χ2n) is 2.62. The summed E-state index contributed by atoms with van der Waals surface area (Å²) in [4.78, 5) is 23.6. The van der Waals surface area contributed by atoms with E-state index >= 15 is 0 Å². The van der Waals surface area contributed by atoms with Gasteiger partial charge in [0.05, 0.1) is 6.54 Å². The molecule has 0 saturated carbocycles. The Kier molecular flexibility index (Phi) is 5.67. The highest BCUT2D eigenvalue weighted by atomic mass is 16.2. The Morgan fingerprint density at radius 2 is 1.85 bits per heavy atom. The lowest BCUT2D eigenvalue weighted by Gasteiger charge is -2.14. The molecule has 0 spiro atoms. The van der Waals surface area contributed by atoms with Gasteiger partial charge in [-0.1, -0.05) is 0 Å². The van der Waals surface area contributed by atoms with Gasteiger partial charge in [0.1, 0.15) is 0 Å². The summed E-state index contributed by atoms with van der Waals surface area (Å²) >= 11 is 0. The molecule has 0 unspecified atom stereocenters. The van der Waals surface area contributed by atoms with E-state index in [4.69, 9.17) is 0 Å². The molecular weight excluding hydrogens is 170 g/mol. The van der Waals surface area contributed by atoms with Crippen molar-refractivity contribution in [3.63, 3.8) is 0 Å². The molecule has 3 amide bonds. The fraction of sp³-hybridized carbons (Fsp3) is 0.750. The SMILES string of the molecule is CCNC(=O)NCC(=O)N(C)CC. The zero-order chi connectivity index (χ0) is 10.3. The Morgan fingerprint density at radius 3 is 2.31 bits per heavy atom. The first kappa shape index (κ1) is 11.7. The molecule has 13 heavy (non-hydrogen) atoms. The third-order valence-electron chi connectivity index (χ3n) is 1.64. The molecule has 0 aromatic heterocycles. The third kappa shape index (κ3) is 5.05. The van der Waals surface area contributed by atoms with Crippen LogP contribution in [0.1, 0.15) is 13.8 Å². The summed E-state index contributed by atoms with van der Waals surface area (Å²) in [6, 6.07) is -0.305. The molecule has 2 N–H and O–H groups in total. The maximum atomic E-state index is 11.2. The quantitative estimate of drug-likeness (QED) is 0.639. The van der Waals surface area contributed by atoms with Crippen LogP contribution in [0.25, 0.3) is 0 Å². The fourth-order valence-electron chi connectivity index (χ4n) is 0.690. The van der Waals surface area contributed by atoms with E-state index < -0.39 is 0 Å². The largest absolute Gasteiger partial charge is 0.345 e. The van der Waals surface area contributed by atoms with Gasteiger partial charge < -0.3 is 15.5 Å². The van der Waals surface area contributed by atoms with Crippen LogP contribution in [-0.4, -0.2) is 43.5 Å². The van der Waals surface area contributed by atoms with E-state index in [0.717, 1.165) is 0 Å². The predicted molar refractivity (Wildman–Crippen MR) is 50.4 cm³/mol. The molecule has 0 aliphatic rings. The molecule has 5 nitrogen and oxygen atoms in total. The van der Waals surface area contributed by atoms with E-state index in [1.807, 2.05) is 13.8 Å². The van der Waals surface area contributed by atoms with Crippen molar-refractivity contribution in [2.45, 2.75) is 13.8 Å². The first-order valence-electron chi connectivity index (χ1n) is 4.37. The van der Waals surface area contributed by atoms with Crippen molar-refractivity contribution >= 4 is 11.9 Å². The van der Waals surface area contributed by atoms with E-state index in [1.165, 1.54) is 0 Å². The van der Waals surface area contributed by atoms with Gasteiger partial charge in [0.2, 0.25) is 5.91 Å². The molecule has 0 radical (unpaired) electrons. The summed E-state index contributed by atoms with van der Waals surface area (Å²) < 4.78 is 0. The van der Waals surface area contributed by atoms with Crippen LogP contribution < -0.4 is 10.6 Å². The van der Waals surface area contributed by atoms with Crippen LogP contribution >= 0.6 is 0 Å². The number of hydrogen-bond donors (Lipinski definition) is 2. The van der Waals surface area contributed by atoms with Gasteiger partial charge in [-0.25, -0.2) is 4.79 Å². The minimum Gasteiger partial charge on any atom is -0.345 e. The van der Waals surface area contributed by atoms with Crippen molar-refractivity contribution in [2.75, 3.05) is 26.7 Å². The van der Waals surface area contributed by atoms with Gasteiger partial charge in [0.15, 0.2) is 0 Å².